The second-order valence-corrected chi connectivity index (χ2v) is 3.68. The molecule has 0 saturated heterocycles. The Labute approximate surface area is 64.8 Å². The van der Waals surface area contributed by atoms with Gasteiger partial charge in [0, 0.05) is 7.11 Å². The van der Waals surface area contributed by atoms with E-state index in [1.165, 1.54) is 6.42 Å². The van der Waals surface area contributed by atoms with E-state index in [4.69, 9.17) is 4.74 Å². The van der Waals surface area contributed by atoms with E-state index >= 15 is 0 Å². The lowest BCUT2D eigenvalue weighted by atomic mass is 9.93. The normalized spacial score (nSPS) is 15.3. The van der Waals surface area contributed by atoms with Crippen LogP contribution in [0.4, 0.5) is 0 Å². The summed E-state index contributed by atoms with van der Waals surface area (Å²) in [4.78, 5) is 0. The van der Waals surface area contributed by atoms with Gasteiger partial charge in [-0.2, -0.15) is 0 Å². The van der Waals surface area contributed by atoms with Crippen molar-refractivity contribution >= 4 is 0 Å². The highest BCUT2D eigenvalue weighted by Crippen LogP contribution is 2.20. The lowest BCUT2D eigenvalue weighted by Gasteiger charge is -2.25. The SMILES string of the molecule is CC[C@H](C)CC(C)(C)OC. The van der Waals surface area contributed by atoms with E-state index in [0.29, 0.717) is 0 Å². The molecule has 0 aromatic carbocycles. The van der Waals surface area contributed by atoms with Crippen molar-refractivity contribution < 1.29 is 4.74 Å². The maximum absolute atomic E-state index is 5.31. The van der Waals surface area contributed by atoms with Gasteiger partial charge in [-0.25, -0.2) is 0 Å². The van der Waals surface area contributed by atoms with Gasteiger partial charge >= 0.3 is 0 Å². The molecule has 1 heteroatoms. The highest BCUT2D eigenvalue weighted by molar-refractivity contribution is 4.70. The van der Waals surface area contributed by atoms with E-state index < -0.39 is 0 Å². The van der Waals surface area contributed by atoms with Crippen molar-refractivity contribution in [2.45, 2.75) is 46.1 Å². The van der Waals surface area contributed by atoms with Crippen molar-refractivity contribution in [3.8, 4) is 0 Å². The van der Waals surface area contributed by atoms with Gasteiger partial charge in [-0.05, 0) is 26.2 Å². The van der Waals surface area contributed by atoms with Gasteiger partial charge in [0.25, 0.3) is 0 Å². The largest absolute Gasteiger partial charge is 0.379 e. The molecule has 0 saturated carbocycles. The Balaban J connectivity index is 3.64. The fraction of sp³-hybridized carbons (Fsp3) is 1.00. The zero-order valence-electron chi connectivity index (χ0n) is 7.90. The molecule has 10 heavy (non-hydrogen) atoms. The first kappa shape index (κ1) is 9.96. The van der Waals surface area contributed by atoms with Crippen LogP contribution in [0.5, 0.6) is 0 Å². The summed E-state index contributed by atoms with van der Waals surface area (Å²) in [5, 5.41) is 0. The van der Waals surface area contributed by atoms with Crippen LogP contribution >= 0.6 is 0 Å². The molecule has 0 amide bonds. The number of hydrogen-bond donors (Lipinski definition) is 0. The molecule has 0 bridgehead atoms. The third kappa shape index (κ3) is 3.89. The first-order valence-electron chi connectivity index (χ1n) is 4.07. The van der Waals surface area contributed by atoms with Crippen LogP contribution < -0.4 is 0 Å². The Hall–Kier alpha value is -0.0400. The van der Waals surface area contributed by atoms with Crippen LogP contribution in [0.1, 0.15) is 40.5 Å². The molecule has 0 radical (unpaired) electrons. The zero-order chi connectivity index (χ0) is 8.20. The molecular formula is C9H20O. The highest BCUT2D eigenvalue weighted by atomic mass is 16.5. The summed E-state index contributed by atoms with van der Waals surface area (Å²) < 4.78 is 5.31. The molecule has 0 aromatic heterocycles. The van der Waals surface area contributed by atoms with Crippen LogP contribution in [-0.2, 0) is 4.74 Å². The van der Waals surface area contributed by atoms with Gasteiger partial charge in [-0.3, -0.25) is 0 Å². The third-order valence-electron chi connectivity index (χ3n) is 2.09. The molecule has 0 N–H and O–H groups in total. The first-order valence-corrected chi connectivity index (χ1v) is 4.07. The van der Waals surface area contributed by atoms with Crippen LogP contribution in [0.25, 0.3) is 0 Å². The Kier molecular flexibility index (Phi) is 3.95. The van der Waals surface area contributed by atoms with Gasteiger partial charge in [0.05, 0.1) is 5.60 Å². The van der Waals surface area contributed by atoms with Gasteiger partial charge in [0.15, 0.2) is 0 Å². The van der Waals surface area contributed by atoms with E-state index in [1.54, 1.807) is 7.11 Å². The molecule has 62 valence electrons. The summed E-state index contributed by atoms with van der Waals surface area (Å²) in [6, 6.07) is 0. The summed E-state index contributed by atoms with van der Waals surface area (Å²) in [6.07, 6.45) is 2.40. The third-order valence-corrected chi connectivity index (χ3v) is 2.09. The predicted octanol–water partition coefficient (Wildman–Crippen LogP) is 2.85. The minimum Gasteiger partial charge on any atom is -0.379 e. The van der Waals surface area contributed by atoms with Crippen LogP contribution in [0, 0.1) is 5.92 Å². The summed E-state index contributed by atoms with van der Waals surface area (Å²) in [5.41, 5.74) is 0.0649. The Morgan fingerprint density at radius 3 is 2.20 bits per heavy atom. The van der Waals surface area contributed by atoms with Crippen molar-refractivity contribution in [2.24, 2.45) is 5.92 Å². The van der Waals surface area contributed by atoms with Crippen LogP contribution in [0.2, 0.25) is 0 Å². The molecule has 0 aliphatic rings. The maximum atomic E-state index is 5.31. The molecule has 0 aliphatic carbocycles. The second-order valence-electron chi connectivity index (χ2n) is 3.68. The molecular weight excluding hydrogens is 124 g/mol. The average molecular weight is 144 g/mol. The molecule has 0 aliphatic heterocycles. The van der Waals surface area contributed by atoms with Gasteiger partial charge in [-0.15, -0.1) is 0 Å². The topological polar surface area (TPSA) is 9.23 Å². The number of ether oxygens (including phenoxy) is 1. The van der Waals surface area contributed by atoms with Crippen molar-refractivity contribution in [3.63, 3.8) is 0 Å². The molecule has 1 atom stereocenters. The summed E-state index contributed by atoms with van der Waals surface area (Å²) in [5.74, 6) is 0.773. The molecule has 1 nitrogen and oxygen atoms in total. The average Bonchev–Trinajstić information content (AvgIpc) is 1.87. The second kappa shape index (κ2) is 3.97. The van der Waals surface area contributed by atoms with E-state index in [1.807, 2.05) is 0 Å². The Bertz CT molecular complexity index is 86.7. The summed E-state index contributed by atoms with van der Waals surface area (Å²) >= 11 is 0. The van der Waals surface area contributed by atoms with Crippen LogP contribution in [0.3, 0.4) is 0 Å². The smallest absolute Gasteiger partial charge is 0.0625 e. The quantitative estimate of drug-likeness (QED) is 0.589. The van der Waals surface area contributed by atoms with Crippen molar-refractivity contribution in [2.75, 3.05) is 7.11 Å². The first-order chi connectivity index (χ1) is 4.52. The molecule has 0 spiro atoms. The Morgan fingerprint density at radius 2 is 1.90 bits per heavy atom. The minimum absolute atomic E-state index is 0.0649. The van der Waals surface area contributed by atoms with E-state index in [-0.39, 0.29) is 5.60 Å². The van der Waals surface area contributed by atoms with Crippen molar-refractivity contribution in [3.05, 3.63) is 0 Å². The van der Waals surface area contributed by atoms with Gasteiger partial charge < -0.3 is 4.74 Å². The van der Waals surface area contributed by atoms with E-state index in [9.17, 15) is 0 Å². The fourth-order valence-electron chi connectivity index (χ4n) is 1.07. The molecule has 0 rings (SSSR count). The molecule has 0 fully saturated rings. The van der Waals surface area contributed by atoms with Crippen molar-refractivity contribution in [1.82, 2.24) is 0 Å². The van der Waals surface area contributed by atoms with Gasteiger partial charge in [0.2, 0.25) is 0 Å². The molecule has 0 aromatic rings. The molecule has 0 heterocycles. The minimum atomic E-state index is 0.0649. The summed E-state index contributed by atoms with van der Waals surface area (Å²) in [7, 11) is 1.78. The monoisotopic (exact) mass is 144 g/mol. The standard InChI is InChI=1S/C9H20O/c1-6-8(2)7-9(3,4)10-5/h8H,6-7H2,1-5H3/t8-/m0/s1. The lowest BCUT2D eigenvalue weighted by Crippen LogP contribution is -2.24. The lowest BCUT2D eigenvalue weighted by molar-refractivity contribution is 0.00351. The maximum Gasteiger partial charge on any atom is 0.0625 e. The number of methoxy groups -OCH3 is 1. The van der Waals surface area contributed by atoms with E-state index in [2.05, 4.69) is 27.7 Å². The number of rotatable bonds is 4. The van der Waals surface area contributed by atoms with Crippen molar-refractivity contribution in [1.29, 1.82) is 0 Å². The predicted molar refractivity (Wildman–Crippen MR) is 45.2 cm³/mol. The Morgan fingerprint density at radius 1 is 1.40 bits per heavy atom. The number of hydrogen-bond acceptors (Lipinski definition) is 1. The van der Waals surface area contributed by atoms with Crippen LogP contribution in [0.15, 0.2) is 0 Å². The van der Waals surface area contributed by atoms with Gasteiger partial charge in [0.1, 0.15) is 0 Å². The van der Waals surface area contributed by atoms with Crippen LogP contribution in [-0.4, -0.2) is 12.7 Å². The van der Waals surface area contributed by atoms with Gasteiger partial charge in [-0.1, -0.05) is 20.3 Å². The highest BCUT2D eigenvalue weighted by Gasteiger charge is 2.18. The fourth-order valence-corrected chi connectivity index (χ4v) is 1.07. The van der Waals surface area contributed by atoms with E-state index in [0.717, 1.165) is 12.3 Å². The zero-order valence-corrected chi connectivity index (χ0v) is 7.90. The molecule has 0 unspecified atom stereocenters. The summed E-state index contributed by atoms with van der Waals surface area (Å²) in [6.45, 7) is 8.76.